The van der Waals surface area contributed by atoms with Crippen molar-refractivity contribution in [1.82, 2.24) is 4.98 Å². The minimum atomic E-state index is -1.02. The van der Waals surface area contributed by atoms with Crippen molar-refractivity contribution >= 4 is 23.6 Å². The molecule has 0 radical (unpaired) electrons. The lowest BCUT2D eigenvalue weighted by Crippen LogP contribution is -2.24. The van der Waals surface area contributed by atoms with Crippen LogP contribution in [0.4, 0.5) is 0 Å². The number of hydrogen-bond donors (Lipinski definition) is 1. The van der Waals surface area contributed by atoms with E-state index in [2.05, 4.69) is 4.98 Å². The van der Waals surface area contributed by atoms with Crippen LogP contribution in [0.3, 0.4) is 0 Å². The molecule has 1 atom stereocenters. The summed E-state index contributed by atoms with van der Waals surface area (Å²) in [5.74, 6) is -0.194. The molecule has 0 aliphatic heterocycles. The van der Waals surface area contributed by atoms with Crippen molar-refractivity contribution in [3.63, 3.8) is 0 Å². The summed E-state index contributed by atoms with van der Waals surface area (Å²) in [7, 11) is 3.03. The predicted octanol–water partition coefficient (Wildman–Crippen LogP) is 3.68. The SMILES string of the molecule is COc1cccc(/C=C/C(=O)O[C@@H](C)C(=O)c2[nH]c(C)c(C(C)=O)c2C)c1OC. The highest BCUT2D eigenvalue weighted by Crippen LogP contribution is 2.31. The van der Waals surface area contributed by atoms with Crippen molar-refractivity contribution in [2.24, 2.45) is 0 Å². The maximum absolute atomic E-state index is 12.7. The van der Waals surface area contributed by atoms with Gasteiger partial charge in [0, 0.05) is 22.9 Å². The Bertz CT molecular complexity index is 970. The molecule has 154 valence electrons. The van der Waals surface area contributed by atoms with Crippen LogP contribution in [0.2, 0.25) is 0 Å². The van der Waals surface area contributed by atoms with Gasteiger partial charge in [0.25, 0.3) is 0 Å². The van der Waals surface area contributed by atoms with Crippen molar-refractivity contribution in [1.29, 1.82) is 0 Å². The number of aryl methyl sites for hydroxylation is 1. The molecule has 0 unspecified atom stereocenters. The highest BCUT2D eigenvalue weighted by atomic mass is 16.5. The van der Waals surface area contributed by atoms with Crippen LogP contribution >= 0.6 is 0 Å². The summed E-state index contributed by atoms with van der Waals surface area (Å²) in [6.07, 6.45) is 1.73. The molecule has 0 amide bonds. The average Bonchev–Trinajstić information content (AvgIpc) is 2.99. The molecule has 1 aromatic heterocycles. The molecular weight excluding hydrogens is 374 g/mol. The number of nitrogens with one attached hydrogen (secondary N) is 1. The zero-order valence-electron chi connectivity index (χ0n) is 17.4. The van der Waals surface area contributed by atoms with Gasteiger partial charge in [-0.05, 0) is 45.4 Å². The van der Waals surface area contributed by atoms with E-state index in [0.29, 0.717) is 33.9 Å². The Balaban J connectivity index is 2.14. The molecule has 0 spiro atoms. The third-order valence-corrected chi connectivity index (χ3v) is 4.53. The predicted molar refractivity (Wildman–Crippen MR) is 109 cm³/mol. The van der Waals surface area contributed by atoms with Gasteiger partial charge in [-0.15, -0.1) is 0 Å². The third kappa shape index (κ3) is 4.74. The largest absolute Gasteiger partial charge is 0.493 e. The van der Waals surface area contributed by atoms with Crippen molar-refractivity contribution in [2.45, 2.75) is 33.8 Å². The van der Waals surface area contributed by atoms with Crippen molar-refractivity contribution in [3.05, 3.63) is 52.4 Å². The van der Waals surface area contributed by atoms with Gasteiger partial charge in [-0.3, -0.25) is 9.59 Å². The van der Waals surface area contributed by atoms with Gasteiger partial charge in [0.1, 0.15) is 0 Å². The summed E-state index contributed by atoms with van der Waals surface area (Å²) >= 11 is 0. The van der Waals surface area contributed by atoms with E-state index < -0.39 is 17.9 Å². The van der Waals surface area contributed by atoms with E-state index in [1.807, 2.05) is 0 Å². The molecular formula is C22H25NO6. The molecule has 0 bridgehead atoms. The number of aromatic nitrogens is 1. The van der Waals surface area contributed by atoms with Crippen LogP contribution in [0.5, 0.6) is 11.5 Å². The Labute approximate surface area is 169 Å². The average molecular weight is 399 g/mol. The minimum Gasteiger partial charge on any atom is -0.493 e. The fourth-order valence-electron chi connectivity index (χ4n) is 3.20. The molecule has 1 aromatic carbocycles. The quantitative estimate of drug-likeness (QED) is 0.413. The van der Waals surface area contributed by atoms with Crippen LogP contribution in [0.15, 0.2) is 24.3 Å². The van der Waals surface area contributed by atoms with Gasteiger partial charge in [0.15, 0.2) is 23.4 Å². The number of aromatic amines is 1. The topological polar surface area (TPSA) is 94.7 Å². The molecule has 7 heteroatoms. The second kappa shape index (κ2) is 9.23. The number of carbonyl (C=O) groups is 3. The van der Waals surface area contributed by atoms with Crippen LogP contribution in [0.25, 0.3) is 6.08 Å². The first-order valence-corrected chi connectivity index (χ1v) is 9.05. The summed E-state index contributed by atoms with van der Waals surface area (Å²) in [6, 6.07) is 5.26. The fourth-order valence-corrected chi connectivity index (χ4v) is 3.20. The smallest absolute Gasteiger partial charge is 0.331 e. The van der Waals surface area contributed by atoms with Crippen LogP contribution < -0.4 is 9.47 Å². The van der Waals surface area contributed by atoms with Crippen molar-refractivity contribution in [2.75, 3.05) is 14.2 Å². The lowest BCUT2D eigenvalue weighted by atomic mass is 10.0. The first kappa shape index (κ1) is 21.9. The Morgan fingerprint density at radius 1 is 1.10 bits per heavy atom. The highest BCUT2D eigenvalue weighted by Gasteiger charge is 2.25. The van der Waals surface area contributed by atoms with Gasteiger partial charge in [-0.2, -0.15) is 0 Å². The van der Waals surface area contributed by atoms with Gasteiger partial charge in [0.2, 0.25) is 5.78 Å². The number of rotatable bonds is 8. The van der Waals surface area contributed by atoms with E-state index in [-0.39, 0.29) is 11.5 Å². The number of para-hydroxylation sites is 1. The standard InChI is InChI=1S/C22H25NO6/c1-12-19(14(3)24)13(2)23-20(12)21(26)15(4)29-18(25)11-10-16-8-7-9-17(27-5)22(16)28-6/h7-11,15,23H,1-6H3/b11-10+/t15-/m0/s1. The number of carbonyl (C=O) groups excluding carboxylic acids is 3. The maximum Gasteiger partial charge on any atom is 0.331 e. The number of ether oxygens (including phenoxy) is 3. The zero-order valence-corrected chi connectivity index (χ0v) is 17.4. The van der Waals surface area contributed by atoms with E-state index in [0.717, 1.165) is 0 Å². The molecule has 1 heterocycles. The monoisotopic (exact) mass is 399 g/mol. The Kier molecular flexibility index (Phi) is 6.98. The number of benzene rings is 1. The van der Waals surface area contributed by atoms with Crippen LogP contribution in [0, 0.1) is 13.8 Å². The lowest BCUT2D eigenvalue weighted by molar-refractivity contribution is -0.140. The Morgan fingerprint density at radius 3 is 2.34 bits per heavy atom. The molecule has 2 aromatic rings. The second-order valence-corrected chi connectivity index (χ2v) is 6.54. The summed E-state index contributed by atoms with van der Waals surface area (Å²) in [5, 5.41) is 0. The Morgan fingerprint density at radius 2 is 1.79 bits per heavy atom. The van der Waals surface area contributed by atoms with Crippen molar-refractivity contribution in [3.8, 4) is 11.5 Å². The summed E-state index contributed by atoms with van der Waals surface area (Å²) in [4.78, 5) is 39.5. The molecule has 29 heavy (non-hydrogen) atoms. The zero-order chi connectivity index (χ0) is 21.7. The number of hydrogen-bond acceptors (Lipinski definition) is 6. The number of ketones is 2. The first-order chi connectivity index (χ1) is 13.7. The van der Waals surface area contributed by atoms with Gasteiger partial charge >= 0.3 is 5.97 Å². The van der Waals surface area contributed by atoms with Gasteiger partial charge in [-0.1, -0.05) is 12.1 Å². The first-order valence-electron chi connectivity index (χ1n) is 9.05. The van der Waals surface area contributed by atoms with Gasteiger partial charge < -0.3 is 19.2 Å². The summed E-state index contributed by atoms with van der Waals surface area (Å²) in [6.45, 7) is 6.35. The van der Waals surface area contributed by atoms with Crippen molar-refractivity contribution < 1.29 is 28.6 Å². The van der Waals surface area contributed by atoms with E-state index in [1.165, 1.54) is 40.2 Å². The molecule has 0 aliphatic carbocycles. The molecule has 7 nitrogen and oxygen atoms in total. The molecule has 2 rings (SSSR count). The lowest BCUT2D eigenvalue weighted by Gasteiger charge is -2.11. The summed E-state index contributed by atoms with van der Waals surface area (Å²) < 4.78 is 15.8. The van der Waals surface area contributed by atoms with E-state index >= 15 is 0 Å². The number of esters is 1. The van der Waals surface area contributed by atoms with E-state index in [1.54, 1.807) is 32.0 Å². The normalized spacial score (nSPS) is 11.9. The molecule has 0 saturated heterocycles. The van der Waals surface area contributed by atoms with Crippen LogP contribution in [-0.4, -0.2) is 42.8 Å². The van der Waals surface area contributed by atoms with Crippen LogP contribution in [0.1, 0.15) is 51.5 Å². The number of H-pyrrole nitrogens is 1. The minimum absolute atomic E-state index is 0.130. The Hall–Kier alpha value is -3.35. The highest BCUT2D eigenvalue weighted by molar-refractivity contribution is 6.05. The van der Waals surface area contributed by atoms with E-state index in [9.17, 15) is 14.4 Å². The second-order valence-electron chi connectivity index (χ2n) is 6.54. The molecule has 0 saturated carbocycles. The maximum atomic E-state index is 12.7. The fraction of sp³-hybridized carbons (Fsp3) is 0.318. The third-order valence-electron chi connectivity index (χ3n) is 4.53. The van der Waals surface area contributed by atoms with E-state index in [4.69, 9.17) is 14.2 Å². The van der Waals surface area contributed by atoms with Crippen LogP contribution in [-0.2, 0) is 9.53 Å². The van der Waals surface area contributed by atoms with Gasteiger partial charge in [0.05, 0.1) is 19.9 Å². The summed E-state index contributed by atoms with van der Waals surface area (Å²) in [5.41, 5.74) is 2.55. The number of Topliss-reactive ketones (excluding diaryl/α,β-unsaturated/α-hetero) is 2. The molecule has 0 aliphatic rings. The molecule has 0 fully saturated rings. The molecule has 1 N–H and O–H groups in total. The number of methoxy groups -OCH3 is 2. The van der Waals surface area contributed by atoms with Gasteiger partial charge in [-0.25, -0.2) is 4.79 Å².